The Morgan fingerprint density at radius 3 is 2.67 bits per heavy atom. The zero-order valence-electron chi connectivity index (χ0n) is 15.3. The van der Waals surface area contributed by atoms with Crippen LogP contribution in [0.2, 0.25) is 0 Å². The van der Waals surface area contributed by atoms with E-state index in [0.717, 1.165) is 10.6 Å². The van der Waals surface area contributed by atoms with Crippen molar-refractivity contribution in [3.63, 3.8) is 0 Å². The molecule has 27 heavy (non-hydrogen) atoms. The highest BCUT2D eigenvalue weighted by atomic mass is 32.1. The molecule has 1 aromatic carbocycles. The first-order valence-corrected chi connectivity index (χ1v) is 9.54. The molecule has 8 heteroatoms. The standard InChI is InChI=1S/C19H21N3O4S/c1-13-5-7-14(8-6-13)18-20-15(12-27-18)11-26-17(24)4-3-9-22-16(23)10-21(2)19(22)25/h5-8,12H,3-4,9-11H2,1-2H3. The van der Waals surface area contributed by atoms with Gasteiger partial charge in [0.25, 0.3) is 0 Å². The number of urea groups is 1. The summed E-state index contributed by atoms with van der Waals surface area (Å²) in [7, 11) is 1.58. The molecule has 1 saturated heterocycles. The van der Waals surface area contributed by atoms with Gasteiger partial charge >= 0.3 is 12.0 Å². The Balaban J connectivity index is 1.42. The number of esters is 1. The fraction of sp³-hybridized carbons (Fsp3) is 0.368. The smallest absolute Gasteiger partial charge is 0.326 e. The lowest BCUT2D eigenvalue weighted by Gasteiger charge is -2.13. The third kappa shape index (κ3) is 4.71. The summed E-state index contributed by atoms with van der Waals surface area (Å²) in [5.74, 6) is -0.602. The highest BCUT2D eigenvalue weighted by Gasteiger charge is 2.32. The van der Waals surface area contributed by atoms with Crippen LogP contribution in [0.25, 0.3) is 10.6 Å². The minimum absolute atomic E-state index is 0.0937. The van der Waals surface area contributed by atoms with Gasteiger partial charge in [-0.2, -0.15) is 0 Å². The second kappa shape index (κ2) is 8.30. The molecule has 2 heterocycles. The van der Waals surface area contributed by atoms with Crippen LogP contribution < -0.4 is 0 Å². The quantitative estimate of drug-likeness (QED) is 0.539. The predicted molar refractivity (Wildman–Crippen MR) is 101 cm³/mol. The molecule has 142 valence electrons. The molecule has 0 bridgehead atoms. The lowest BCUT2D eigenvalue weighted by atomic mass is 10.2. The number of likely N-dealkylation sites (N-methyl/N-ethyl adjacent to an activating group) is 1. The number of thiazole rings is 1. The molecule has 0 N–H and O–H groups in total. The van der Waals surface area contributed by atoms with Crippen LogP contribution in [0.15, 0.2) is 29.6 Å². The number of hydrogen-bond donors (Lipinski definition) is 0. The molecule has 1 fully saturated rings. The van der Waals surface area contributed by atoms with E-state index in [0.29, 0.717) is 12.1 Å². The Labute approximate surface area is 161 Å². The van der Waals surface area contributed by atoms with Gasteiger partial charge in [0.1, 0.15) is 18.2 Å². The predicted octanol–water partition coefficient (Wildman–Crippen LogP) is 2.84. The monoisotopic (exact) mass is 387 g/mol. The first-order valence-electron chi connectivity index (χ1n) is 8.66. The average Bonchev–Trinajstić information content (AvgIpc) is 3.21. The normalized spacial score (nSPS) is 14.1. The van der Waals surface area contributed by atoms with Crippen LogP contribution in [0.3, 0.4) is 0 Å². The fourth-order valence-electron chi connectivity index (χ4n) is 2.70. The summed E-state index contributed by atoms with van der Waals surface area (Å²) in [6, 6.07) is 7.78. The van der Waals surface area contributed by atoms with Crippen molar-refractivity contribution in [1.82, 2.24) is 14.8 Å². The van der Waals surface area contributed by atoms with Gasteiger partial charge in [-0.15, -0.1) is 11.3 Å². The Hall–Kier alpha value is -2.74. The van der Waals surface area contributed by atoms with Crippen molar-refractivity contribution in [3.8, 4) is 10.6 Å². The van der Waals surface area contributed by atoms with Crippen molar-refractivity contribution in [3.05, 3.63) is 40.9 Å². The molecule has 0 unspecified atom stereocenters. The summed E-state index contributed by atoms with van der Waals surface area (Å²) in [6.07, 6.45) is 0.533. The summed E-state index contributed by atoms with van der Waals surface area (Å²) in [5.41, 5.74) is 2.93. The number of hydrogen-bond acceptors (Lipinski definition) is 6. The van der Waals surface area contributed by atoms with Gasteiger partial charge < -0.3 is 9.64 Å². The lowest BCUT2D eigenvalue weighted by Crippen LogP contribution is -2.32. The average molecular weight is 387 g/mol. The highest BCUT2D eigenvalue weighted by Crippen LogP contribution is 2.24. The molecule has 0 aliphatic carbocycles. The molecule has 0 radical (unpaired) electrons. The van der Waals surface area contributed by atoms with Crippen LogP contribution in [0.5, 0.6) is 0 Å². The molecule has 1 aliphatic heterocycles. The number of amides is 3. The number of carbonyl (C=O) groups is 3. The van der Waals surface area contributed by atoms with E-state index in [1.54, 1.807) is 7.05 Å². The molecule has 3 amide bonds. The number of benzene rings is 1. The maximum atomic E-state index is 11.9. The van der Waals surface area contributed by atoms with Crippen molar-refractivity contribution in [1.29, 1.82) is 0 Å². The van der Waals surface area contributed by atoms with Gasteiger partial charge in [0.15, 0.2) is 0 Å². The Kier molecular flexibility index (Phi) is 5.85. The molecule has 7 nitrogen and oxygen atoms in total. The zero-order valence-corrected chi connectivity index (χ0v) is 16.1. The molecule has 2 aromatic rings. The van der Waals surface area contributed by atoms with E-state index < -0.39 is 0 Å². The van der Waals surface area contributed by atoms with Crippen LogP contribution in [-0.4, -0.2) is 52.8 Å². The molecule has 0 spiro atoms. The summed E-state index contributed by atoms with van der Waals surface area (Å²) in [4.78, 5) is 42.3. The maximum absolute atomic E-state index is 11.9. The second-order valence-corrected chi connectivity index (χ2v) is 7.32. The number of ether oxygens (including phenoxy) is 1. The zero-order chi connectivity index (χ0) is 19.4. The topological polar surface area (TPSA) is 79.8 Å². The summed E-state index contributed by atoms with van der Waals surface area (Å²) >= 11 is 1.51. The van der Waals surface area contributed by atoms with Gasteiger partial charge in [-0.25, -0.2) is 9.78 Å². The van der Waals surface area contributed by atoms with Gasteiger partial charge in [0.2, 0.25) is 5.91 Å². The van der Waals surface area contributed by atoms with E-state index in [1.807, 2.05) is 36.6 Å². The molecular weight excluding hydrogens is 366 g/mol. The second-order valence-electron chi connectivity index (χ2n) is 6.46. The van der Waals surface area contributed by atoms with Crippen molar-refractivity contribution < 1.29 is 19.1 Å². The van der Waals surface area contributed by atoms with E-state index in [4.69, 9.17) is 4.74 Å². The van der Waals surface area contributed by atoms with Crippen LogP contribution in [0.1, 0.15) is 24.1 Å². The minimum Gasteiger partial charge on any atom is -0.459 e. The summed E-state index contributed by atoms with van der Waals surface area (Å²) in [6.45, 7) is 2.47. The molecule has 3 rings (SSSR count). The maximum Gasteiger partial charge on any atom is 0.326 e. The SMILES string of the molecule is Cc1ccc(-c2nc(COC(=O)CCCN3C(=O)CN(C)C3=O)cs2)cc1. The van der Waals surface area contributed by atoms with Crippen molar-refractivity contribution in [2.75, 3.05) is 20.1 Å². The van der Waals surface area contributed by atoms with Crippen LogP contribution >= 0.6 is 11.3 Å². The lowest BCUT2D eigenvalue weighted by molar-refractivity contribution is -0.145. The third-order valence-electron chi connectivity index (χ3n) is 4.22. The molecule has 0 saturated carbocycles. The van der Waals surface area contributed by atoms with E-state index in [2.05, 4.69) is 4.98 Å². The van der Waals surface area contributed by atoms with Crippen LogP contribution in [0, 0.1) is 6.92 Å². The van der Waals surface area contributed by atoms with Crippen molar-refractivity contribution in [2.45, 2.75) is 26.4 Å². The Morgan fingerprint density at radius 1 is 1.26 bits per heavy atom. The molecule has 0 atom stereocenters. The van der Waals surface area contributed by atoms with E-state index in [1.165, 1.54) is 26.7 Å². The van der Waals surface area contributed by atoms with E-state index in [-0.39, 0.29) is 44.0 Å². The molecular formula is C19H21N3O4S. The third-order valence-corrected chi connectivity index (χ3v) is 5.17. The van der Waals surface area contributed by atoms with Gasteiger partial charge in [0, 0.05) is 31.0 Å². The van der Waals surface area contributed by atoms with Crippen LogP contribution in [-0.2, 0) is 20.9 Å². The number of carbonyl (C=O) groups excluding carboxylic acids is 3. The number of imide groups is 1. The van der Waals surface area contributed by atoms with Gasteiger partial charge in [-0.1, -0.05) is 29.8 Å². The van der Waals surface area contributed by atoms with Gasteiger partial charge in [-0.3, -0.25) is 14.5 Å². The first-order chi connectivity index (χ1) is 12.9. The van der Waals surface area contributed by atoms with E-state index in [9.17, 15) is 14.4 Å². The Morgan fingerprint density at radius 2 is 2.00 bits per heavy atom. The van der Waals surface area contributed by atoms with Crippen molar-refractivity contribution in [2.24, 2.45) is 0 Å². The van der Waals surface area contributed by atoms with Gasteiger partial charge in [-0.05, 0) is 13.3 Å². The first kappa shape index (κ1) is 19.0. The number of aromatic nitrogens is 1. The minimum atomic E-state index is -0.368. The van der Waals surface area contributed by atoms with Crippen molar-refractivity contribution >= 4 is 29.2 Å². The molecule has 1 aromatic heterocycles. The summed E-state index contributed by atoms with van der Waals surface area (Å²) in [5, 5.41) is 2.76. The van der Waals surface area contributed by atoms with Gasteiger partial charge in [0.05, 0.1) is 5.69 Å². The largest absolute Gasteiger partial charge is 0.459 e. The highest BCUT2D eigenvalue weighted by molar-refractivity contribution is 7.13. The molecule has 1 aliphatic rings. The number of rotatable bonds is 7. The number of nitrogens with zero attached hydrogens (tertiary/aromatic N) is 3. The van der Waals surface area contributed by atoms with Crippen LogP contribution in [0.4, 0.5) is 4.79 Å². The fourth-order valence-corrected chi connectivity index (χ4v) is 3.51. The van der Waals surface area contributed by atoms with E-state index >= 15 is 0 Å². The Bertz CT molecular complexity index is 847. The number of aryl methyl sites for hydroxylation is 1. The summed E-state index contributed by atoms with van der Waals surface area (Å²) < 4.78 is 5.24.